The summed E-state index contributed by atoms with van der Waals surface area (Å²) in [6, 6.07) is 7.38. The molecule has 0 fully saturated rings. The van der Waals surface area contributed by atoms with Crippen molar-refractivity contribution < 1.29 is 14.3 Å². The monoisotopic (exact) mass is 280 g/mol. The van der Waals surface area contributed by atoms with E-state index >= 15 is 0 Å². The molecular formula is C13H16N2O3S. The van der Waals surface area contributed by atoms with Gasteiger partial charge in [-0.15, -0.1) is 0 Å². The van der Waals surface area contributed by atoms with Crippen molar-refractivity contribution in [3.63, 3.8) is 0 Å². The van der Waals surface area contributed by atoms with Gasteiger partial charge in [-0.2, -0.15) is 12.6 Å². The molecule has 1 aromatic rings. The minimum atomic E-state index is -0.162. The van der Waals surface area contributed by atoms with Crippen molar-refractivity contribution in [3.8, 4) is 5.75 Å². The van der Waals surface area contributed by atoms with Crippen LogP contribution in [0.25, 0.3) is 0 Å². The molecule has 102 valence electrons. The van der Waals surface area contributed by atoms with E-state index in [1.807, 2.05) is 24.3 Å². The Bertz CT molecular complexity index is 479. The van der Waals surface area contributed by atoms with Crippen LogP contribution < -0.4 is 15.0 Å². The molecule has 2 amide bonds. The Morgan fingerprint density at radius 1 is 1.37 bits per heavy atom. The Hall–Kier alpha value is -1.69. The predicted molar refractivity (Wildman–Crippen MR) is 75.8 cm³/mol. The van der Waals surface area contributed by atoms with Crippen LogP contribution >= 0.6 is 12.6 Å². The molecule has 5 nitrogen and oxygen atoms in total. The number of carbonyl (C=O) groups is 2. The summed E-state index contributed by atoms with van der Waals surface area (Å²) in [5.41, 5.74) is 0.752. The lowest BCUT2D eigenvalue weighted by Gasteiger charge is -2.29. The largest absolute Gasteiger partial charge is 0.490 e. The molecule has 1 heterocycles. The number of rotatable bonds is 4. The number of amides is 2. The predicted octanol–water partition coefficient (Wildman–Crippen LogP) is 0.848. The van der Waals surface area contributed by atoms with Crippen LogP contribution in [0.4, 0.5) is 5.69 Å². The van der Waals surface area contributed by atoms with Crippen molar-refractivity contribution in [2.75, 3.05) is 30.3 Å². The van der Waals surface area contributed by atoms with Crippen LogP contribution in [0, 0.1) is 0 Å². The Balaban J connectivity index is 1.99. The van der Waals surface area contributed by atoms with Crippen molar-refractivity contribution in [1.29, 1.82) is 0 Å². The first-order chi connectivity index (χ1) is 9.22. The first-order valence-corrected chi connectivity index (χ1v) is 6.75. The van der Waals surface area contributed by atoms with Crippen molar-refractivity contribution in [2.45, 2.75) is 6.42 Å². The molecule has 0 unspecified atom stereocenters. The highest BCUT2D eigenvalue weighted by molar-refractivity contribution is 7.80. The molecule has 1 aromatic carbocycles. The maximum Gasteiger partial charge on any atom is 0.246 e. The zero-order valence-corrected chi connectivity index (χ0v) is 11.4. The molecule has 6 heteroatoms. The molecule has 1 aliphatic rings. The summed E-state index contributed by atoms with van der Waals surface area (Å²) >= 11 is 3.97. The van der Waals surface area contributed by atoms with Gasteiger partial charge in [-0.1, -0.05) is 12.1 Å². The van der Waals surface area contributed by atoms with Gasteiger partial charge in [0.1, 0.15) is 12.4 Å². The van der Waals surface area contributed by atoms with E-state index in [9.17, 15) is 9.59 Å². The second-order valence-electron chi connectivity index (χ2n) is 4.11. The fourth-order valence-corrected chi connectivity index (χ4v) is 2.09. The van der Waals surface area contributed by atoms with Crippen LogP contribution in [0.5, 0.6) is 5.75 Å². The van der Waals surface area contributed by atoms with E-state index in [0.29, 0.717) is 31.1 Å². The number of carbonyl (C=O) groups excluding carboxylic acids is 2. The average molecular weight is 280 g/mol. The van der Waals surface area contributed by atoms with Gasteiger partial charge in [-0.25, -0.2) is 0 Å². The van der Waals surface area contributed by atoms with E-state index in [2.05, 4.69) is 17.9 Å². The zero-order valence-electron chi connectivity index (χ0n) is 10.5. The molecule has 0 spiro atoms. The lowest BCUT2D eigenvalue weighted by Crippen LogP contribution is -2.44. The molecule has 0 aliphatic carbocycles. The number of ether oxygens (including phenoxy) is 1. The quantitative estimate of drug-likeness (QED) is 0.804. The first-order valence-electron chi connectivity index (χ1n) is 6.12. The molecular weight excluding hydrogens is 264 g/mol. The smallest absolute Gasteiger partial charge is 0.246 e. The summed E-state index contributed by atoms with van der Waals surface area (Å²) in [4.78, 5) is 25.1. The number of nitrogens with one attached hydrogen (secondary N) is 1. The van der Waals surface area contributed by atoms with E-state index in [-0.39, 0.29) is 18.4 Å². The van der Waals surface area contributed by atoms with Gasteiger partial charge in [0.2, 0.25) is 11.8 Å². The second kappa shape index (κ2) is 6.47. The van der Waals surface area contributed by atoms with Gasteiger partial charge in [0.15, 0.2) is 0 Å². The zero-order chi connectivity index (χ0) is 13.7. The van der Waals surface area contributed by atoms with Crippen LogP contribution in [-0.2, 0) is 9.59 Å². The number of nitrogens with zero attached hydrogens (tertiary/aromatic N) is 1. The molecule has 0 atom stereocenters. The third-order valence-corrected chi connectivity index (χ3v) is 3.03. The SMILES string of the molecule is O=C(CCS)NCC(=O)N1CCOc2ccccc21. The maximum absolute atomic E-state index is 12.1. The number of anilines is 1. The Morgan fingerprint density at radius 2 is 2.16 bits per heavy atom. The Labute approximate surface area is 117 Å². The third-order valence-electron chi connectivity index (χ3n) is 2.81. The van der Waals surface area contributed by atoms with Gasteiger partial charge >= 0.3 is 0 Å². The minimum absolute atomic E-state index is 0.000938. The van der Waals surface area contributed by atoms with E-state index in [1.54, 1.807) is 4.90 Å². The highest BCUT2D eigenvalue weighted by atomic mass is 32.1. The van der Waals surface area contributed by atoms with Gasteiger partial charge in [0.05, 0.1) is 18.8 Å². The normalized spacial score (nSPS) is 13.4. The van der Waals surface area contributed by atoms with Crippen molar-refractivity contribution in [1.82, 2.24) is 5.32 Å². The van der Waals surface area contributed by atoms with Gasteiger partial charge in [-0.3, -0.25) is 9.59 Å². The van der Waals surface area contributed by atoms with E-state index in [0.717, 1.165) is 5.69 Å². The van der Waals surface area contributed by atoms with Crippen LogP contribution in [-0.4, -0.2) is 37.3 Å². The van der Waals surface area contributed by atoms with Gasteiger partial charge in [0.25, 0.3) is 0 Å². The summed E-state index contributed by atoms with van der Waals surface area (Å²) in [6.45, 7) is 0.965. The molecule has 1 N–H and O–H groups in total. The minimum Gasteiger partial charge on any atom is -0.490 e. The number of fused-ring (bicyclic) bond motifs is 1. The molecule has 0 radical (unpaired) electrons. The summed E-state index contributed by atoms with van der Waals surface area (Å²) in [6.07, 6.45) is 0.316. The molecule has 0 aromatic heterocycles. The van der Waals surface area contributed by atoms with E-state index in [4.69, 9.17) is 4.74 Å². The Kier molecular flexibility index (Phi) is 4.68. The maximum atomic E-state index is 12.1. The van der Waals surface area contributed by atoms with E-state index < -0.39 is 0 Å². The highest BCUT2D eigenvalue weighted by Gasteiger charge is 2.23. The van der Waals surface area contributed by atoms with Crippen molar-refractivity contribution in [3.05, 3.63) is 24.3 Å². The summed E-state index contributed by atoms with van der Waals surface area (Å²) in [7, 11) is 0. The van der Waals surface area contributed by atoms with Gasteiger partial charge in [0, 0.05) is 6.42 Å². The molecule has 0 bridgehead atoms. The van der Waals surface area contributed by atoms with Crippen molar-refractivity contribution in [2.24, 2.45) is 0 Å². The fraction of sp³-hybridized carbons (Fsp3) is 0.385. The summed E-state index contributed by atoms with van der Waals surface area (Å²) in [5.74, 6) is 0.873. The molecule has 19 heavy (non-hydrogen) atoms. The van der Waals surface area contributed by atoms with Crippen molar-refractivity contribution >= 4 is 30.1 Å². The summed E-state index contributed by atoms with van der Waals surface area (Å²) < 4.78 is 5.48. The van der Waals surface area contributed by atoms with Gasteiger partial charge in [-0.05, 0) is 17.9 Å². The molecule has 0 saturated carbocycles. The van der Waals surface area contributed by atoms with Crippen LogP contribution in [0.3, 0.4) is 0 Å². The van der Waals surface area contributed by atoms with Crippen LogP contribution in [0.1, 0.15) is 6.42 Å². The number of thiol groups is 1. The third kappa shape index (κ3) is 3.41. The standard InChI is InChI=1S/C13H16N2O3S/c16-12(5-8-19)14-9-13(17)15-6-7-18-11-4-2-1-3-10(11)15/h1-4,19H,5-9H2,(H,14,16). The lowest BCUT2D eigenvalue weighted by atomic mass is 10.2. The number of para-hydroxylation sites is 2. The lowest BCUT2D eigenvalue weighted by molar-refractivity contribution is -0.124. The average Bonchev–Trinajstić information content (AvgIpc) is 2.44. The van der Waals surface area contributed by atoms with Crippen LogP contribution in [0.2, 0.25) is 0 Å². The number of hydrogen-bond donors (Lipinski definition) is 2. The molecule has 1 aliphatic heterocycles. The highest BCUT2D eigenvalue weighted by Crippen LogP contribution is 2.30. The second-order valence-corrected chi connectivity index (χ2v) is 4.56. The van der Waals surface area contributed by atoms with Crippen LogP contribution in [0.15, 0.2) is 24.3 Å². The Morgan fingerprint density at radius 3 is 2.95 bits per heavy atom. The summed E-state index contributed by atoms with van der Waals surface area (Å²) in [5, 5.41) is 2.59. The van der Waals surface area contributed by atoms with Gasteiger partial charge < -0.3 is 15.0 Å². The topological polar surface area (TPSA) is 58.6 Å². The number of hydrogen-bond acceptors (Lipinski definition) is 4. The first kappa shape index (κ1) is 13.7. The molecule has 0 saturated heterocycles. The molecule has 2 rings (SSSR count). The van der Waals surface area contributed by atoms with E-state index in [1.165, 1.54) is 0 Å². The fourth-order valence-electron chi connectivity index (χ4n) is 1.89. The number of benzene rings is 1.